The molecule has 1 aliphatic heterocycles. The molecule has 3 nitrogen and oxygen atoms in total. The van der Waals surface area contributed by atoms with Crippen molar-refractivity contribution < 1.29 is 9.47 Å². The zero-order valence-electron chi connectivity index (χ0n) is 12.5. The molecule has 2 heterocycles. The lowest BCUT2D eigenvalue weighted by Crippen LogP contribution is -2.35. The van der Waals surface area contributed by atoms with E-state index in [1.807, 2.05) is 11.3 Å². The molecule has 1 atom stereocenters. The molecule has 1 aromatic heterocycles. The first kappa shape index (κ1) is 15.0. The summed E-state index contributed by atoms with van der Waals surface area (Å²) in [5.74, 6) is 0. The van der Waals surface area contributed by atoms with Crippen LogP contribution in [-0.4, -0.2) is 32.1 Å². The summed E-state index contributed by atoms with van der Waals surface area (Å²) in [6.07, 6.45) is 3.06. The van der Waals surface area contributed by atoms with Gasteiger partial charge in [-0.2, -0.15) is 0 Å². The second kappa shape index (κ2) is 7.36. The average molecular weight is 305 g/mol. The quantitative estimate of drug-likeness (QED) is 0.848. The summed E-state index contributed by atoms with van der Waals surface area (Å²) < 4.78 is 12.6. The van der Waals surface area contributed by atoms with Crippen molar-refractivity contribution in [2.24, 2.45) is 0 Å². The zero-order chi connectivity index (χ0) is 14.5. The Morgan fingerprint density at radius 3 is 2.90 bits per heavy atom. The van der Waals surface area contributed by atoms with Gasteiger partial charge in [0, 0.05) is 17.2 Å². The van der Waals surface area contributed by atoms with E-state index in [9.17, 15) is 0 Å². The number of rotatable bonds is 7. The summed E-state index contributed by atoms with van der Waals surface area (Å²) in [4.78, 5) is 0. The summed E-state index contributed by atoms with van der Waals surface area (Å²) in [7, 11) is 0. The first-order chi connectivity index (χ1) is 10.4. The van der Waals surface area contributed by atoms with Crippen molar-refractivity contribution in [3.63, 3.8) is 0 Å². The monoisotopic (exact) mass is 305 g/mol. The van der Waals surface area contributed by atoms with Crippen LogP contribution in [0.3, 0.4) is 0 Å². The van der Waals surface area contributed by atoms with Gasteiger partial charge in [-0.15, -0.1) is 11.3 Å². The summed E-state index contributed by atoms with van der Waals surface area (Å²) in [6, 6.07) is 9.05. The largest absolute Gasteiger partial charge is 0.350 e. The Kier molecular flexibility index (Phi) is 5.25. The molecule has 1 N–H and O–H groups in total. The van der Waals surface area contributed by atoms with Crippen LogP contribution in [-0.2, 0) is 15.9 Å². The number of nitrogens with one attached hydrogen (secondary N) is 1. The van der Waals surface area contributed by atoms with Crippen molar-refractivity contribution in [3.8, 4) is 0 Å². The van der Waals surface area contributed by atoms with E-state index < -0.39 is 0 Å². The second-order valence-corrected chi connectivity index (χ2v) is 6.43. The lowest BCUT2D eigenvalue weighted by atomic mass is 10.0. The molecular weight excluding hydrogens is 282 g/mol. The molecule has 0 aliphatic carbocycles. The Labute approximate surface area is 130 Å². The normalized spacial score (nSPS) is 17.6. The van der Waals surface area contributed by atoms with Gasteiger partial charge in [0.15, 0.2) is 6.29 Å². The molecule has 1 unspecified atom stereocenters. The molecule has 0 spiro atoms. The minimum Gasteiger partial charge on any atom is -0.350 e. The maximum atomic E-state index is 5.61. The van der Waals surface area contributed by atoms with Crippen LogP contribution in [0.25, 0.3) is 10.1 Å². The van der Waals surface area contributed by atoms with Crippen LogP contribution in [0.1, 0.15) is 25.3 Å². The molecule has 4 heteroatoms. The number of benzene rings is 1. The SMILES string of the molecule is CCCNC(Cc1csc2ccccc12)CC1OCCO1. The second-order valence-electron chi connectivity index (χ2n) is 5.52. The third-order valence-electron chi connectivity index (χ3n) is 3.88. The molecule has 0 saturated carbocycles. The third-order valence-corrected chi connectivity index (χ3v) is 4.89. The highest BCUT2D eigenvalue weighted by Gasteiger charge is 2.22. The van der Waals surface area contributed by atoms with Gasteiger partial charge in [-0.05, 0) is 41.8 Å². The summed E-state index contributed by atoms with van der Waals surface area (Å²) in [6.45, 7) is 4.70. The zero-order valence-corrected chi connectivity index (χ0v) is 13.3. The van der Waals surface area contributed by atoms with Gasteiger partial charge in [0.25, 0.3) is 0 Å². The van der Waals surface area contributed by atoms with Crippen LogP contribution >= 0.6 is 11.3 Å². The number of hydrogen-bond donors (Lipinski definition) is 1. The fourth-order valence-corrected chi connectivity index (χ4v) is 3.79. The molecule has 1 saturated heterocycles. The van der Waals surface area contributed by atoms with Crippen molar-refractivity contribution >= 4 is 21.4 Å². The van der Waals surface area contributed by atoms with Gasteiger partial charge in [-0.1, -0.05) is 25.1 Å². The minimum atomic E-state index is -0.0377. The van der Waals surface area contributed by atoms with Gasteiger partial charge in [-0.25, -0.2) is 0 Å². The van der Waals surface area contributed by atoms with Crippen molar-refractivity contribution in [3.05, 3.63) is 35.2 Å². The van der Waals surface area contributed by atoms with E-state index >= 15 is 0 Å². The molecule has 114 valence electrons. The van der Waals surface area contributed by atoms with Gasteiger partial charge < -0.3 is 14.8 Å². The Morgan fingerprint density at radius 2 is 2.10 bits per heavy atom. The molecule has 1 fully saturated rings. The molecule has 3 rings (SSSR count). The van der Waals surface area contributed by atoms with E-state index in [2.05, 4.69) is 41.9 Å². The van der Waals surface area contributed by atoms with Gasteiger partial charge in [0.2, 0.25) is 0 Å². The van der Waals surface area contributed by atoms with Crippen LogP contribution < -0.4 is 5.32 Å². The third kappa shape index (κ3) is 3.83. The van der Waals surface area contributed by atoms with Crippen molar-refractivity contribution in [2.75, 3.05) is 19.8 Å². The van der Waals surface area contributed by atoms with Gasteiger partial charge >= 0.3 is 0 Å². The van der Waals surface area contributed by atoms with Crippen molar-refractivity contribution in [1.29, 1.82) is 0 Å². The number of thiophene rings is 1. The molecule has 2 aromatic rings. The van der Waals surface area contributed by atoms with Crippen LogP contribution in [0.4, 0.5) is 0 Å². The topological polar surface area (TPSA) is 30.5 Å². The maximum absolute atomic E-state index is 5.61. The molecule has 0 amide bonds. The first-order valence-electron chi connectivity index (χ1n) is 7.78. The van der Waals surface area contributed by atoms with Crippen molar-refractivity contribution in [1.82, 2.24) is 5.32 Å². The van der Waals surface area contributed by atoms with E-state index in [1.165, 1.54) is 15.6 Å². The Hall–Kier alpha value is -0.940. The maximum Gasteiger partial charge on any atom is 0.159 e. The van der Waals surface area contributed by atoms with Crippen molar-refractivity contribution in [2.45, 2.75) is 38.5 Å². The number of fused-ring (bicyclic) bond motifs is 1. The highest BCUT2D eigenvalue weighted by Crippen LogP contribution is 2.27. The predicted octanol–water partition coefficient (Wildman–Crippen LogP) is 3.58. The Bertz CT molecular complexity index is 563. The minimum absolute atomic E-state index is 0.0377. The molecule has 0 radical (unpaired) electrons. The summed E-state index contributed by atoms with van der Waals surface area (Å²) in [5.41, 5.74) is 1.43. The fourth-order valence-electron chi connectivity index (χ4n) is 2.82. The standard InChI is InChI=1S/C17H23NO2S/c1-2-7-18-14(11-17-19-8-9-20-17)10-13-12-21-16-6-4-3-5-15(13)16/h3-6,12,14,17-18H,2,7-11H2,1H3. The van der Waals surface area contributed by atoms with Gasteiger partial charge in [-0.3, -0.25) is 0 Å². The predicted molar refractivity (Wildman–Crippen MR) is 87.9 cm³/mol. The smallest absolute Gasteiger partial charge is 0.159 e. The average Bonchev–Trinajstić information content (AvgIpc) is 3.15. The number of hydrogen-bond acceptors (Lipinski definition) is 4. The highest BCUT2D eigenvalue weighted by molar-refractivity contribution is 7.17. The van der Waals surface area contributed by atoms with Crippen LogP contribution in [0.15, 0.2) is 29.6 Å². The Balaban J connectivity index is 1.70. The summed E-state index contributed by atoms with van der Waals surface area (Å²) >= 11 is 1.83. The van der Waals surface area contributed by atoms with Crippen LogP contribution in [0, 0.1) is 0 Å². The van der Waals surface area contributed by atoms with Gasteiger partial charge in [0.05, 0.1) is 13.2 Å². The summed E-state index contributed by atoms with van der Waals surface area (Å²) in [5, 5.41) is 7.33. The molecule has 0 bridgehead atoms. The lowest BCUT2D eigenvalue weighted by molar-refractivity contribution is -0.0526. The highest BCUT2D eigenvalue weighted by atomic mass is 32.1. The lowest BCUT2D eigenvalue weighted by Gasteiger charge is -2.21. The molecular formula is C17H23NO2S. The van der Waals surface area contributed by atoms with Gasteiger partial charge in [0.1, 0.15) is 0 Å². The van der Waals surface area contributed by atoms with Crippen LogP contribution in [0.5, 0.6) is 0 Å². The van der Waals surface area contributed by atoms with E-state index in [1.54, 1.807) is 0 Å². The molecule has 21 heavy (non-hydrogen) atoms. The van der Waals surface area contributed by atoms with Crippen LogP contribution in [0.2, 0.25) is 0 Å². The van der Waals surface area contributed by atoms with E-state index in [0.29, 0.717) is 6.04 Å². The van der Waals surface area contributed by atoms with E-state index in [-0.39, 0.29) is 6.29 Å². The fraction of sp³-hybridized carbons (Fsp3) is 0.529. The first-order valence-corrected chi connectivity index (χ1v) is 8.66. The van der Waals surface area contributed by atoms with E-state index in [0.717, 1.165) is 39.0 Å². The number of ether oxygens (including phenoxy) is 2. The Morgan fingerprint density at radius 1 is 1.29 bits per heavy atom. The molecule has 1 aliphatic rings. The van der Waals surface area contributed by atoms with E-state index in [4.69, 9.17) is 9.47 Å². The molecule has 1 aromatic carbocycles.